The average Bonchev–Trinajstić information content (AvgIpc) is 2.73. The molecule has 0 saturated heterocycles. The number of carbonyl (C=O) groups is 1. The number of anilines is 2. The third-order valence-electron chi connectivity index (χ3n) is 3.75. The quantitative estimate of drug-likeness (QED) is 0.846. The Morgan fingerprint density at radius 1 is 1.14 bits per heavy atom. The van der Waals surface area contributed by atoms with E-state index in [1.54, 1.807) is 24.5 Å². The van der Waals surface area contributed by atoms with Crippen LogP contribution in [0.15, 0.2) is 30.6 Å². The van der Waals surface area contributed by atoms with Crippen LogP contribution in [-0.2, 0) is 12.8 Å². The lowest BCUT2D eigenvalue weighted by molar-refractivity contribution is 0.0697. The van der Waals surface area contributed by atoms with Crippen LogP contribution in [0.3, 0.4) is 0 Å². The maximum Gasteiger partial charge on any atom is 0.335 e. The van der Waals surface area contributed by atoms with Gasteiger partial charge in [0.15, 0.2) is 0 Å². The normalized spacial score (nSPS) is 14.1. The lowest BCUT2D eigenvalue weighted by atomic mass is 10.1. The molecule has 1 heterocycles. The van der Waals surface area contributed by atoms with Crippen molar-refractivity contribution in [2.24, 2.45) is 0 Å². The van der Waals surface area contributed by atoms with E-state index in [2.05, 4.69) is 15.3 Å². The second-order valence-corrected chi connectivity index (χ2v) is 5.22. The summed E-state index contributed by atoms with van der Waals surface area (Å²) in [5, 5.41) is 12.3. The monoisotopic (exact) mass is 283 g/mol. The molecule has 108 valence electrons. The number of nitrogens with one attached hydrogen (secondary N) is 1. The predicted molar refractivity (Wildman–Crippen MR) is 80.0 cm³/mol. The molecule has 2 N–H and O–H groups in total. The first kappa shape index (κ1) is 13.5. The van der Waals surface area contributed by atoms with E-state index in [1.165, 1.54) is 6.42 Å². The number of carboxylic acids is 1. The van der Waals surface area contributed by atoms with Gasteiger partial charge in [-0.25, -0.2) is 14.8 Å². The number of nitrogens with zero attached hydrogens (tertiary/aromatic N) is 2. The third kappa shape index (κ3) is 3.02. The molecule has 0 aliphatic heterocycles. The highest BCUT2D eigenvalue weighted by atomic mass is 16.4. The van der Waals surface area contributed by atoms with E-state index in [0.29, 0.717) is 0 Å². The molecule has 21 heavy (non-hydrogen) atoms. The van der Waals surface area contributed by atoms with Gasteiger partial charge in [0, 0.05) is 16.9 Å². The van der Waals surface area contributed by atoms with Crippen molar-refractivity contribution in [1.29, 1.82) is 0 Å². The zero-order chi connectivity index (χ0) is 14.7. The van der Waals surface area contributed by atoms with Gasteiger partial charge in [-0.05, 0) is 43.9 Å². The SMILES string of the molecule is O=C(O)c1cccc(Nc2ncnc3c2CCCCC3)c1. The molecule has 3 rings (SSSR count). The van der Waals surface area contributed by atoms with E-state index in [-0.39, 0.29) is 5.56 Å². The number of fused-ring (bicyclic) bond motifs is 1. The Labute approximate surface area is 123 Å². The van der Waals surface area contributed by atoms with Crippen molar-refractivity contribution < 1.29 is 9.90 Å². The van der Waals surface area contributed by atoms with E-state index >= 15 is 0 Å². The van der Waals surface area contributed by atoms with Crippen LogP contribution in [0.4, 0.5) is 11.5 Å². The van der Waals surface area contributed by atoms with Crippen molar-refractivity contribution in [1.82, 2.24) is 9.97 Å². The summed E-state index contributed by atoms with van der Waals surface area (Å²) in [5.74, 6) is -0.135. The number of aromatic carboxylic acids is 1. The van der Waals surface area contributed by atoms with Gasteiger partial charge in [0.25, 0.3) is 0 Å². The summed E-state index contributed by atoms with van der Waals surface area (Å²) in [6, 6.07) is 6.77. The van der Waals surface area contributed by atoms with Gasteiger partial charge in [0.1, 0.15) is 12.1 Å². The minimum atomic E-state index is -0.930. The molecule has 0 unspecified atom stereocenters. The van der Waals surface area contributed by atoms with E-state index in [4.69, 9.17) is 5.11 Å². The molecule has 0 atom stereocenters. The molecular weight excluding hydrogens is 266 g/mol. The van der Waals surface area contributed by atoms with Crippen molar-refractivity contribution >= 4 is 17.5 Å². The van der Waals surface area contributed by atoms with Gasteiger partial charge in [0.2, 0.25) is 0 Å². The van der Waals surface area contributed by atoms with E-state index in [0.717, 1.165) is 48.4 Å². The summed E-state index contributed by atoms with van der Waals surface area (Å²) >= 11 is 0. The van der Waals surface area contributed by atoms with Crippen molar-refractivity contribution in [3.05, 3.63) is 47.4 Å². The van der Waals surface area contributed by atoms with Gasteiger partial charge in [-0.15, -0.1) is 0 Å². The highest BCUT2D eigenvalue weighted by molar-refractivity contribution is 5.89. The second kappa shape index (κ2) is 5.91. The maximum absolute atomic E-state index is 11.0. The Hall–Kier alpha value is -2.43. The molecule has 0 radical (unpaired) electrons. The van der Waals surface area contributed by atoms with Gasteiger partial charge in [-0.2, -0.15) is 0 Å². The van der Waals surface area contributed by atoms with Gasteiger partial charge < -0.3 is 10.4 Å². The van der Waals surface area contributed by atoms with Crippen molar-refractivity contribution in [3.63, 3.8) is 0 Å². The van der Waals surface area contributed by atoms with Crippen LogP contribution >= 0.6 is 0 Å². The Morgan fingerprint density at radius 2 is 2.00 bits per heavy atom. The number of aromatic nitrogens is 2. The lowest BCUT2D eigenvalue weighted by Crippen LogP contribution is -2.05. The summed E-state index contributed by atoms with van der Waals surface area (Å²) < 4.78 is 0. The molecule has 5 nitrogen and oxygen atoms in total. The molecular formula is C16H17N3O2. The van der Waals surface area contributed by atoms with E-state index in [9.17, 15) is 4.79 Å². The van der Waals surface area contributed by atoms with Crippen LogP contribution in [-0.4, -0.2) is 21.0 Å². The van der Waals surface area contributed by atoms with Crippen LogP contribution < -0.4 is 5.32 Å². The number of carboxylic acid groups (broad SMARTS) is 1. The molecule has 0 saturated carbocycles. The van der Waals surface area contributed by atoms with Crippen LogP contribution in [0.1, 0.15) is 40.9 Å². The van der Waals surface area contributed by atoms with Gasteiger partial charge in [0.05, 0.1) is 5.56 Å². The number of hydrogen-bond acceptors (Lipinski definition) is 4. The highest BCUT2D eigenvalue weighted by Crippen LogP contribution is 2.26. The summed E-state index contributed by atoms with van der Waals surface area (Å²) in [6.07, 6.45) is 7.05. The first-order valence-electron chi connectivity index (χ1n) is 7.17. The zero-order valence-electron chi connectivity index (χ0n) is 11.7. The molecule has 0 amide bonds. The summed E-state index contributed by atoms with van der Waals surface area (Å²) in [4.78, 5) is 19.7. The third-order valence-corrected chi connectivity index (χ3v) is 3.75. The number of hydrogen-bond donors (Lipinski definition) is 2. The van der Waals surface area contributed by atoms with E-state index in [1.807, 2.05) is 6.07 Å². The fourth-order valence-electron chi connectivity index (χ4n) is 2.67. The minimum absolute atomic E-state index is 0.264. The highest BCUT2D eigenvalue weighted by Gasteiger charge is 2.14. The minimum Gasteiger partial charge on any atom is -0.478 e. The number of benzene rings is 1. The zero-order valence-corrected chi connectivity index (χ0v) is 11.7. The van der Waals surface area contributed by atoms with Gasteiger partial charge >= 0.3 is 5.97 Å². The molecule has 1 aliphatic rings. The number of aryl methyl sites for hydroxylation is 1. The Kier molecular flexibility index (Phi) is 3.81. The Morgan fingerprint density at radius 3 is 2.86 bits per heavy atom. The first-order valence-corrected chi connectivity index (χ1v) is 7.17. The standard InChI is InChI=1S/C16H17N3O2/c20-16(21)11-5-4-6-12(9-11)19-15-13-7-2-1-3-8-14(13)17-10-18-15/h4-6,9-10H,1-3,7-8H2,(H,20,21)(H,17,18,19). The lowest BCUT2D eigenvalue weighted by Gasteiger charge is -2.12. The maximum atomic E-state index is 11.0. The predicted octanol–water partition coefficient (Wildman–Crippen LogP) is 3.19. The second-order valence-electron chi connectivity index (χ2n) is 5.22. The average molecular weight is 283 g/mol. The van der Waals surface area contributed by atoms with E-state index < -0.39 is 5.97 Å². The van der Waals surface area contributed by atoms with Crippen molar-refractivity contribution in [3.8, 4) is 0 Å². The fraction of sp³-hybridized carbons (Fsp3) is 0.312. The van der Waals surface area contributed by atoms with Crippen molar-refractivity contribution in [2.45, 2.75) is 32.1 Å². The summed E-state index contributed by atoms with van der Waals surface area (Å²) in [5.41, 5.74) is 3.27. The largest absolute Gasteiger partial charge is 0.478 e. The molecule has 5 heteroatoms. The molecule has 2 aromatic rings. The van der Waals surface area contributed by atoms with Crippen LogP contribution in [0.2, 0.25) is 0 Å². The molecule has 0 spiro atoms. The topological polar surface area (TPSA) is 75.1 Å². The van der Waals surface area contributed by atoms with Gasteiger partial charge in [-0.1, -0.05) is 12.5 Å². The molecule has 0 bridgehead atoms. The first-order chi connectivity index (χ1) is 10.2. The molecule has 0 fully saturated rings. The van der Waals surface area contributed by atoms with Crippen LogP contribution in [0, 0.1) is 0 Å². The fourth-order valence-corrected chi connectivity index (χ4v) is 2.67. The molecule has 1 aromatic heterocycles. The molecule has 1 aliphatic carbocycles. The molecule has 1 aromatic carbocycles. The smallest absolute Gasteiger partial charge is 0.335 e. The Bertz CT molecular complexity index is 670. The van der Waals surface area contributed by atoms with Crippen molar-refractivity contribution in [2.75, 3.05) is 5.32 Å². The summed E-state index contributed by atoms with van der Waals surface area (Å²) in [6.45, 7) is 0. The Balaban J connectivity index is 1.91. The summed E-state index contributed by atoms with van der Waals surface area (Å²) in [7, 11) is 0. The van der Waals surface area contributed by atoms with Crippen LogP contribution in [0.25, 0.3) is 0 Å². The number of rotatable bonds is 3. The van der Waals surface area contributed by atoms with Gasteiger partial charge in [-0.3, -0.25) is 0 Å². The van der Waals surface area contributed by atoms with Crippen LogP contribution in [0.5, 0.6) is 0 Å².